The average Bonchev–Trinajstić information content (AvgIpc) is 2.67. The van der Waals surface area contributed by atoms with Crippen LogP contribution < -0.4 is 10.1 Å². The molecule has 1 aliphatic heterocycles. The maximum absolute atomic E-state index is 12.7. The van der Waals surface area contributed by atoms with Gasteiger partial charge in [0.2, 0.25) is 0 Å². The maximum atomic E-state index is 12.7. The van der Waals surface area contributed by atoms with Crippen LogP contribution in [0.15, 0.2) is 54.6 Å². The zero-order valence-corrected chi connectivity index (χ0v) is 14.7. The molecule has 1 amide bonds. The van der Waals surface area contributed by atoms with E-state index in [0.29, 0.717) is 24.3 Å². The number of aldehydes is 1. The van der Waals surface area contributed by atoms with E-state index in [1.807, 2.05) is 30.3 Å². The molecule has 1 N–H and O–H groups in total. The number of para-hydroxylation sites is 1. The van der Waals surface area contributed by atoms with Crippen molar-refractivity contribution in [2.45, 2.75) is 31.7 Å². The van der Waals surface area contributed by atoms with Crippen molar-refractivity contribution in [2.75, 3.05) is 6.61 Å². The lowest BCUT2D eigenvalue weighted by molar-refractivity contribution is -0.109. The van der Waals surface area contributed by atoms with E-state index < -0.39 is 6.04 Å². The monoisotopic (exact) mass is 349 g/mol. The van der Waals surface area contributed by atoms with E-state index in [1.54, 1.807) is 18.2 Å². The minimum Gasteiger partial charge on any atom is -0.493 e. The second-order valence-corrected chi connectivity index (χ2v) is 6.36. The minimum absolute atomic E-state index is 0.291. The van der Waals surface area contributed by atoms with Crippen LogP contribution in [0.5, 0.6) is 5.75 Å². The lowest BCUT2D eigenvalue weighted by Gasteiger charge is -2.16. The molecule has 2 aromatic rings. The van der Waals surface area contributed by atoms with Crippen molar-refractivity contribution in [3.05, 3.63) is 71.3 Å². The van der Waals surface area contributed by atoms with Crippen LogP contribution in [-0.2, 0) is 11.2 Å². The Balaban J connectivity index is 1.89. The first-order valence-corrected chi connectivity index (χ1v) is 9.00. The van der Waals surface area contributed by atoms with Gasteiger partial charge in [-0.05, 0) is 42.5 Å². The standard InChI is InChI=1S/C22H23NO3/c24-16-19-15-18-11-5-4-10-17(18)9-3-1-2-8-14-26-21-13-7-6-12-20(21)22(25)23-19/h3-7,9-13,16,19H,1-2,8,14-15H2,(H,23,25)/b9-3+. The van der Waals surface area contributed by atoms with Gasteiger partial charge in [-0.1, -0.05) is 48.6 Å². The first-order valence-electron chi connectivity index (χ1n) is 9.00. The molecule has 0 saturated heterocycles. The van der Waals surface area contributed by atoms with Gasteiger partial charge in [0.15, 0.2) is 0 Å². The van der Waals surface area contributed by atoms with Gasteiger partial charge in [-0.2, -0.15) is 0 Å². The minimum atomic E-state index is -0.588. The molecule has 0 fully saturated rings. The summed E-state index contributed by atoms with van der Waals surface area (Å²) < 4.78 is 5.79. The van der Waals surface area contributed by atoms with Gasteiger partial charge in [0.05, 0.1) is 18.2 Å². The number of nitrogens with one attached hydrogen (secondary N) is 1. The summed E-state index contributed by atoms with van der Waals surface area (Å²) in [5, 5.41) is 2.82. The van der Waals surface area contributed by atoms with Crippen molar-refractivity contribution in [2.24, 2.45) is 0 Å². The van der Waals surface area contributed by atoms with E-state index in [4.69, 9.17) is 4.74 Å². The Morgan fingerprint density at radius 1 is 1.04 bits per heavy atom. The van der Waals surface area contributed by atoms with E-state index in [9.17, 15) is 9.59 Å². The van der Waals surface area contributed by atoms with Crippen LogP contribution >= 0.6 is 0 Å². The third-order valence-corrected chi connectivity index (χ3v) is 4.43. The quantitative estimate of drug-likeness (QED) is 0.797. The number of hydrogen-bond donors (Lipinski definition) is 1. The van der Waals surface area contributed by atoms with Crippen molar-refractivity contribution >= 4 is 18.3 Å². The summed E-state index contributed by atoms with van der Waals surface area (Å²) in [7, 11) is 0. The Kier molecular flexibility index (Phi) is 6.20. The Morgan fingerprint density at radius 3 is 2.73 bits per heavy atom. The van der Waals surface area contributed by atoms with Crippen LogP contribution in [-0.4, -0.2) is 24.8 Å². The van der Waals surface area contributed by atoms with Gasteiger partial charge < -0.3 is 14.8 Å². The molecule has 2 aromatic carbocycles. The number of rotatable bonds is 1. The predicted molar refractivity (Wildman–Crippen MR) is 102 cm³/mol. The van der Waals surface area contributed by atoms with Crippen molar-refractivity contribution in [3.8, 4) is 5.75 Å². The summed E-state index contributed by atoms with van der Waals surface area (Å²) in [5.74, 6) is 0.265. The summed E-state index contributed by atoms with van der Waals surface area (Å²) in [6.45, 7) is 0.561. The number of carbonyl (C=O) groups is 2. The predicted octanol–water partition coefficient (Wildman–Crippen LogP) is 3.80. The molecular formula is C22H23NO3. The highest BCUT2D eigenvalue weighted by molar-refractivity contribution is 5.98. The fraction of sp³-hybridized carbons (Fsp3) is 0.273. The van der Waals surface area contributed by atoms with Gasteiger partial charge in [-0.3, -0.25) is 4.79 Å². The van der Waals surface area contributed by atoms with Gasteiger partial charge in [0.25, 0.3) is 5.91 Å². The van der Waals surface area contributed by atoms with Crippen molar-refractivity contribution in [1.29, 1.82) is 0 Å². The molecule has 26 heavy (non-hydrogen) atoms. The molecule has 0 bridgehead atoms. The number of ether oxygens (including phenoxy) is 1. The van der Waals surface area contributed by atoms with Crippen LogP contribution in [0.4, 0.5) is 0 Å². The van der Waals surface area contributed by atoms with Crippen molar-refractivity contribution in [3.63, 3.8) is 0 Å². The number of benzene rings is 2. The lowest BCUT2D eigenvalue weighted by Crippen LogP contribution is -2.38. The van der Waals surface area contributed by atoms with Gasteiger partial charge >= 0.3 is 0 Å². The number of fused-ring (bicyclic) bond motifs is 2. The second kappa shape index (κ2) is 8.99. The van der Waals surface area contributed by atoms with E-state index in [-0.39, 0.29) is 5.91 Å². The largest absolute Gasteiger partial charge is 0.493 e. The number of hydrogen-bond acceptors (Lipinski definition) is 3. The summed E-state index contributed by atoms with van der Waals surface area (Å²) in [4.78, 5) is 24.2. The molecule has 0 radical (unpaired) electrons. The van der Waals surface area contributed by atoms with E-state index in [1.165, 1.54) is 0 Å². The molecule has 1 aliphatic rings. The van der Waals surface area contributed by atoms with Crippen LogP contribution in [0, 0.1) is 0 Å². The summed E-state index contributed by atoms with van der Waals surface area (Å²) in [5.41, 5.74) is 2.58. The number of carbonyl (C=O) groups excluding carboxylic acids is 2. The lowest BCUT2D eigenvalue weighted by atomic mass is 9.99. The van der Waals surface area contributed by atoms with Crippen LogP contribution in [0.1, 0.15) is 40.7 Å². The second-order valence-electron chi connectivity index (χ2n) is 6.36. The highest BCUT2D eigenvalue weighted by Crippen LogP contribution is 2.20. The summed E-state index contributed by atoms with van der Waals surface area (Å²) in [6, 6.07) is 14.5. The molecule has 0 spiro atoms. The molecule has 1 heterocycles. The Labute approximate surface area is 153 Å². The molecule has 1 atom stereocenters. The van der Waals surface area contributed by atoms with Crippen molar-refractivity contribution in [1.82, 2.24) is 5.32 Å². The molecule has 4 heteroatoms. The van der Waals surface area contributed by atoms with Crippen LogP contribution in [0.2, 0.25) is 0 Å². The Hall–Kier alpha value is -2.88. The molecule has 1 unspecified atom stereocenters. The van der Waals surface area contributed by atoms with E-state index >= 15 is 0 Å². The van der Waals surface area contributed by atoms with E-state index in [0.717, 1.165) is 36.7 Å². The molecule has 3 rings (SSSR count). The van der Waals surface area contributed by atoms with Crippen LogP contribution in [0.25, 0.3) is 6.08 Å². The smallest absolute Gasteiger partial charge is 0.255 e. The summed E-state index contributed by atoms with van der Waals surface area (Å²) >= 11 is 0. The van der Waals surface area contributed by atoms with Gasteiger partial charge in [-0.15, -0.1) is 0 Å². The highest BCUT2D eigenvalue weighted by atomic mass is 16.5. The summed E-state index contributed by atoms with van der Waals surface area (Å²) in [6.07, 6.45) is 8.39. The molecular weight excluding hydrogens is 326 g/mol. The van der Waals surface area contributed by atoms with Crippen LogP contribution in [0.3, 0.4) is 0 Å². The third kappa shape index (κ3) is 4.60. The topological polar surface area (TPSA) is 55.4 Å². The average molecular weight is 349 g/mol. The van der Waals surface area contributed by atoms with Gasteiger partial charge in [0, 0.05) is 6.42 Å². The normalized spacial score (nSPS) is 19.5. The molecule has 134 valence electrons. The maximum Gasteiger partial charge on any atom is 0.255 e. The zero-order valence-electron chi connectivity index (χ0n) is 14.7. The number of amides is 1. The third-order valence-electron chi connectivity index (χ3n) is 4.43. The van der Waals surface area contributed by atoms with Gasteiger partial charge in [0.1, 0.15) is 12.0 Å². The molecule has 0 aromatic heterocycles. The fourth-order valence-electron chi connectivity index (χ4n) is 3.04. The molecule has 0 saturated carbocycles. The fourth-order valence-corrected chi connectivity index (χ4v) is 3.04. The molecule has 0 aliphatic carbocycles. The SMILES string of the molecule is O=CC1Cc2ccccc2/C=C/CCCCOc2ccccc2C(=O)N1. The first kappa shape index (κ1) is 17.9. The Bertz CT molecular complexity index is 797. The Morgan fingerprint density at radius 2 is 1.85 bits per heavy atom. The highest BCUT2D eigenvalue weighted by Gasteiger charge is 2.18. The first-order chi connectivity index (χ1) is 12.8. The molecule has 4 nitrogen and oxygen atoms in total. The zero-order chi connectivity index (χ0) is 18.2. The van der Waals surface area contributed by atoms with Crippen molar-refractivity contribution < 1.29 is 14.3 Å². The van der Waals surface area contributed by atoms with E-state index in [2.05, 4.69) is 17.5 Å². The van der Waals surface area contributed by atoms with Gasteiger partial charge in [-0.25, -0.2) is 0 Å². The number of allylic oxidation sites excluding steroid dienone is 1.